The van der Waals surface area contributed by atoms with Crippen molar-refractivity contribution in [2.24, 2.45) is 11.6 Å². The summed E-state index contributed by atoms with van der Waals surface area (Å²) in [5, 5.41) is 0.446. The van der Waals surface area contributed by atoms with E-state index in [9.17, 15) is 27.6 Å². The van der Waals surface area contributed by atoms with Gasteiger partial charge in [-0.25, -0.2) is 15.8 Å². The molecule has 2 aromatic rings. The first-order valence-electron chi connectivity index (χ1n) is 12.0. The normalized spacial score (nSPS) is 19.4. The number of hydrogen-bond acceptors (Lipinski definition) is 8. The molecule has 0 atom stereocenters. The van der Waals surface area contributed by atoms with E-state index in [-0.39, 0.29) is 36.8 Å². The summed E-state index contributed by atoms with van der Waals surface area (Å²) in [6.45, 7) is 3.04. The first kappa shape index (κ1) is 27.0. The number of piperidine rings is 2. The first-order valence-corrected chi connectivity index (χ1v) is 12.8. The number of carbonyl (C=O) groups excluding carboxylic acids is 3. The minimum Gasteiger partial charge on any atom is -0.374 e. The molecule has 0 spiro atoms. The number of anilines is 1. The van der Waals surface area contributed by atoms with E-state index in [0.717, 1.165) is 43.7 Å². The van der Waals surface area contributed by atoms with Gasteiger partial charge in [-0.3, -0.25) is 19.3 Å². The number of aromatic nitrogens is 1. The molecule has 0 saturated carbocycles. The molecule has 0 radical (unpaired) electrons. The van der Waals surface area contributed by atoms with Crippen LogP contribution in [0.5, 0.6) is 0 Å². The predicted molar refractivity (Wildman–Crippen MR) is 133 cm³/mol. The Morgan fingerprint density at radius 2 is 1.68 bits per heavy atom. The SMILES string of the molecule is C/C(=C(/C(=O)N(N)c1nc2ccccc2s1)C(=O)C(F)(F)F)N1CCC(C(N)=O)(N2CCCCC2)CC1. The smallest absolute Gasteiger partial charge is 0.374 e. The zero-order chi connectivity index (χ0) is 27.0. The van der Waals surface area contributed by atoms with Crippen molar-refractivity contribution in [2.75, 3.05) is 31.2 Å². The van der Waals surface area contributed by atoms with Crippen LogP contribution in [0.4, 0.5) is 18.3 Å². The third-order valence-corrected chi connectivity index (χ3v) is 8.29. The van der Waals surface area contributed by atoms with Gasteiger partial charge in [-0.15, -0.1) is 0 Å². The molecule has 200 valence electrons. The number of hydrogen-bond donors (Lipinski definition) is 2. The predicted octanol–water partition coefficient (Wildman–Crippen LogP) is 2.71. The molecule has 0 unspecified atom stereocenters. The monoisotopic (exact) mass is 538 g/mol. The number of hydrazine groups is 1. The molecule has 0 bridgehead atoms. The van der Waals surface area contributed by atoms with Crippen LogP contribution in [0.1, 0.15) is 39.0 Å². The number of rotatable bonds is 6. The van der Waals surface area contributed by atoms with E-state index in [4.69, 9.17) is 11.6 Å². The number of primary amides is 1. The molecule has 13 heteroatoms. The number of fused-ring (bicyclic) bond motifs is 1. The third-order valence-electron chi connectivity index (χ3n) is 7.25. The number of nitrogens with two attached hydrogens (primary N) is 2. The molecule has 2 saturated heterocycles. The number of halogens is 3. The standard InChI is InChI=1S/C24H29F3N6O3S/c1-15(31-13-9-23(10-14-31,21(28)36)32-11-5-2-6-12-32)18(19(34)24(25,26)27)20(35)33(29)22-30-16-7-3-4-8-17(16)37-22/h3-4,7-8H,2,5-6,9-14,29H2,1H3,(H2,28,36)/b18-15-. The molecule has 2 amide bonds. The van der Waals surface area contributed by atoms with Crippen molar-refractivity contribution in [1.82, 2.24) is 14.8 Å². The van der Waals surface area contributed by atoms with Crippen molar-refractivity contribution in [1.29, 1.82) is 0 Å². The number of para-hydroxylation sites is 1. The van der Waals surface area contributed by atoms with Crippen molar-refractivity contribution in [3.63, 3.8) is 0 Å². The van der Waals surface area contributed by atoms with Crippen molar-refractivity contribution < 1.29 is 27.6 Å². The Kier molecular flexibility index (Phi) is 7.58. The van der Waals surface area contributed by atoms with Crippen molar-refractivity contribution in [2.45, 2.75) is 50.7 Å². The van der Waals surface area contributed by atoms with Crippen LogP contribution in [0.2, 0.25) is 0 Å². The van der Waals surface area contributed by atoms with E-state index >= 15 is 0 Å². The van der Waals surface area contributed by atoms with Gasteiger partial charge in [0, 0.05) is 18.8 Å². The minimum atomic E-state index is -5.29. The Balaban J connectivity index is 1.64. The van der Waals surface area contributed by atoms with Gasteiger partial charge in [-0.05, 0) is 57.8 Å². The zero-order valence-electron chi connectivity index (χ0n) is 20.4. The molecule has 0 aliphatic carbocycles. The Hall–Kier alpha value is -3.03. The summed E-state index contributed by atoms with van der Waals surface area (Å²) in [4.78, 5) is 46.0. The maximum Gasteiger partial charge on any atom is 0.455 e. The minimum absolute atomic E-state index is 0.0389. The van der Waals surface area contributed by atoms with Gasteiger partial charge in [-0.1, -0.05) is 29.9 Å². The Morgan fingerprint density at radius 3 is 2.24 bits per heavy atom. The fraction of sp³-hybridized carbons (Fsp3) is 0.500. The van der Waals surface area contributed by atoms with Gasteiger partial charge in [0.25, 0.3) is 11.7 Å². The zero-order valence-corrected chi connectivity index (χ0v) is 21.2. The second-order valence-corrected chi connectivity index (χ2v) is 10.4. The number of likely N-dealkylation sites (tertiary alicyclic amines) is 2. The molecule has 1 aromatic heterocycles. The van der Waals surface area contributed by atoms with E-state index in [1.807, 2.05) is 0 Å². The number of ketones is 1. The lowest BCUT2D eigenvalue weighted by molar-refractivity contribution is -0.167. The van der Waals surface area contributed by atoms with Gasteiger partial charge in [0.1, 0.15) is 11.1 Å². The van der Waals surface area contributed by atoms with Gasteiger partial charge in [0.05, 0.1) is 10.2 Å². The van der Waals surface area contributed by atoms with E-state index in [0.29, 0.717) is 15.2 Å². The van der Waals surface area contributed by atoms with Gasteiger partial charge < -0.3 is 10.6 Å². The lowest BCUT2D eigenvalue weighted by Crippen LogP contribution is -2.63. The van der Waals surface area contributed by atoms with Gasteiger partial charge in [0.2, 0.25) is 11.0 Å². The highest BCUT2D eigenvalue weighted by molar-refractivity contribution is 7.22. The summed E-state index contributed by atoms with van der Waals surface area (Å²) in [5.41, 5.74) is 4.20. The number of thiazole rings is 1. The van der Waals surface area contributed by atoms with Crippen LogP contribution < -0.4 is 16.6 Å². The summed E-state index contributed by atoms with van der Waals surface area (Å²) in [6, 6.07) is 6.89. The molecular weight excluding hydrogens is 509 g/mol. The van der Waals surface area contributed by atoms with Crippen molar-refractivity contribution in [3.05, 3.63) is 35.5 Å². The molecule has 9 nitrogen and oxygen atoms in total. The van der Waals surface area contributed by atoms with E-state index in [1.54, 1.807) is 24.3 Å². The number of Topliss-reactive ketones (excluding diaryl/α,β-unsaturated/α-hetero) is 1. The average molecular weight is 539 g/mol. The number of benzene rings is 1. The first-order chi connectivity index (χ1) is 17.5. The van der Waals surface area contributed by atoms with E-state index in [2.05, 4.69) is 9.88 Å². The fourth-order valence-electron chi connectivity index (χ4n) is 5.14. The highest BCUT2D eigenvalue weighted by atomic mass is 32.1. The number of alkyl halides is 3. The van der Waals surface area contributed by atoms with Crippen LogP contribution in [-0.2, 0) is 14.4 Å². The molecule has 2 aliphatic heterocycles. The van der Waals surface area contributed by atoms with Gasteiger partial charge in [-0.2, -0.15) is 13.2 Å². The third kappa shape index (κ3) is 5.20. The lowest BCUT2D eigenvalue weighted by Gasteiger charge is -2.48. The number of nitrogens with zero attached hydrogens (tertiary/aromatic N) is 4. The Morgan fingerprint density at radius 1 is 1.05 bits per heavy atom. The van der Waals surface area contributed by atoms with Crippen LogP contribution in [0.15, 0.2) is 35.5 Å². The highest BCUT2D eigenvalue weighted by Crippen LogP contribution is 2.35. The van der Waals surface area contributed by atoms with E-state index in [1.165, 1.54) is 11.8 Å². The van der Waals surface area contributed by atoms with E-state index < -0.39 is 34.9 Å². The molecule has 37 heavy (non-hydrogen) atoms. The largest absolute Gasteiger partial charge is 0.455 e. The summed E-state index contributed by atoms with van der Waals surface area (Å²) >= 11 is 1.02. The van der Waals surface area contributed by atoms with Crippen molar-refractivity contribution in [3.8, 4) is 0 Å². The molecule has 1 aromatic carbocycles. The molecular formula is C24H29F3N6O3S. The molecule has 2 fully saturated rings. The molecule has 4 N–H and O–H groups in total. The molecule has 4 rings (SSSR count). The number of allylic oxidation sites excluding steroid dienone is 1. The second kappa shape index (κ2) is 10.4. The number of carbonyl (C=O) groups is 3. The topological polar surface area (TPSA) is 126 Å². The quantitative estimate of drug-likeness (QED) is 0.145. The second-order valence-electron chi connectivity index (χ2n) is 9.36. The van der Waals surface area contributed by atoms with Crippen LogP contribution in [-0.4, -0.2) is 70.3 Å². The maximum absolute atomic E-state index is 13.6. The highest BCUT2D eigenvalue weighted by Gasteiger charge is 2.48. The van der Waals surface area contributed by atoms with Crippen LogP contribution in [0.3, 0.4) is 0 Å². The Labute approximate surface area is 215 Å². The maximum atomic E-state index is 13.6. The number of amides is 2. The summed E-state index contributed by atoms with van der Waals surface area (Å²) < 4.78 is 41.5. The lowest BCUT2D eigenvalue weighted by atomic mass is 9.83. The van der Waals surface area contributed by atoms with Gasteiger partial charge in [0.15, 0.2) is 0 Å². The van der Waals surface area contributed by atoms with Gasteiger partial charge >= 0.3 is 6.18 Å². The van der Waals surface area contributed by atoms with Crippen LogP contribution in [0.25, 0.3) is 10.2 Å². The van der Waals surface area contributed by atoms with Crippen LogP contribution in [0, 0.1) is 0 Å². The van der Waals surface area contributed by atoms with Crippen molar-refractivity contribution >= 4 is 44.3 Å². The van der Waals surface area contributed by atoms with Crippen LogP contribution >= 0.6 is 11.3 Å². The Bertz CT molecular complexity index is 1200. The average Bonchev–Trinajstić information content (AvgIpc) is 3.32. The molecule has 2 aliphatic rings. The summed E-state index contributed by atoms with van der Waals surface area (Å²) in [5.74, 6) is 1.87. The molecule has 3 heterocycles. The fourth-order valence-corrected chi connectivity index (χ4v) is 6.03. The summed E-state index contributed by atoms with van der Waals surface area (Å²) in [6.07, 6.45) is -1.81. The summed E-state index contributed by atoms with van der Waals surface area (Å²) in [7, 11) is 0.